The minimum Gasteiger partial charge on any atom is -0.377 e. The zero-order valence-corrected chi connectivity index (χ0v) is 9.63. The van der Waals surface area contributed by atoms with Gasteiger partial charge in [0, 0.05) is 10.5 Å². The van der Waals surface area contributed by atoms with Gasteiger partial charge in [-0.15, -0.1) is 0 Å². The Bertz CT molecular complexity index is 145. The van der Waals surface area contributed by atoms with Crippen molar-refractivity contribution in [2.24, 2.45) is 5.92 Å². The van der Waals surface area contributed by atoms with E-state index < -0.39 is 0 Å². The SMILES string of the molecule is IC1CCCC1OCC1CCC1. The molecule has 2 atom stereocenters. The van der Waals surface area contributed by atoms with E-state index in [1.807, 2.05) is 0 Å². The van der Waals surface area contributed by atoms with Crippen LogP contribution >= 0.6 is 22.6 Å². The molecule has 0 N–H and O–H groups in total. The summed E-state index contributed by atoms with van der Waals surface area (Å²) in [6.45, 7) is 1.05. The topological polar surface area (TPSA) is 9.23 Å². The van der Waals surface area contributed by atoms with E-state index in [0.29, 0.717) is 6.10 Å². The molecule has 0 aromatic heterocycles. The van der Waals surface area contributed by atoms with Gasteiger partial charge in [-0.3, -0.25) is 0 Å². The Morgan fingerprint density at radius 2 is 1.83 bits per heavy atom. The van der Waals surface area contributed by atoms with Crippen LogP contribution in [0.25, 0.3) is 0 Å². The molecule has 2 unspecified atom stereocenters. The summed E-state index contributed by atoms with van der Waals surface area (Å²) in [5, 5.41) is 0. The summed E-state index contributed by atoms with van der Waals surface area (Å²) < 4.78 is 6.71. The molecule has 2 fully saturated rings. The Balaban J connectivity index is 1.64. The Morgan fingerprint density at radius 1 is 1.08 bits per heavy atom. The van der Waals surface area contributed by atoms with Gasteiger partial charge in [0.1, 0.15) is 0 Å². The van der Waals surface area contributed by atoms with Gasteiger partial charge in [0.2, 0.25) is 0 Å². The van der Waals surface area contributed by atoms with E-state index >= 15 is 0 Å². The van der Waals surface area contributed by atoms with E-state index in [1.165, 1.54) is 38.5 Å². The Hall–Kier alpha value is 0.690. The first-order valence-electron chi connectivity index (χ1n) is 5.12. The maximum atomic E-state index is 5.91. The summed E-state index contributed by atoms with van der Waals surface area (Å²) in [6.07, 6.45) is 8.91. The molecule has 2 heteroatoms. The molecule has 70 valence electrons. The number of ether oxygens (including phenoxy) is 1. The van der Waals surface area contributed by atoms with Crippen LogP contribution in [0.15, 0.2) is 0 Å². The number of alkyl halides is 1. The van der Waals surface area contributed by atoms with Gasteiger partial charge in [0.05, 0.1) is 6.10 Å². The van der Waals surface area contributed by atoms with Crippen LogP contribution in [0, 0.1) is 5.92 Å². The van der Waals surface area contributed by atoms with Crippen molar-refractivity contribution >= 4 is 22.6 Å². The lowest BCUT2D eigenvalue weighted by molar-refractivity contribution is 0.0190. The molecular weight excluding hydrogens is 263 g/mol. The van der Waals surface area contributed by atoms with Crippen molar-refractivity contribution in [3.63, 3.8) is 0 Å². The van der Waals surface area contributed by atoms with Crippen LogP contribution in [-0.2, 0) is 4.74 Å². The monoisotopic (exact) mass is 280 g/mol. The standard InChI is InChI=1S/C10H17IO/c11-9-5-2-6-10(9)12-7-8-3-1-4-8/h8-10H,1-7H2. The van der Waals surface area contributed by atoms with Crippen molar-refractivity contribution < 1.29 is 4.74 Å². The minimum absolute atomic E-state index is 0.589. The zero-order chi connectivity index (χ0) is 8.39. The predicted octanol–water partition coefficient (Wildman–Crippen LogP) is 3.16. The Kier molecular flexibility index (Phi) is 3.29. The molecule has 0 saturated heterocycles. The predicted molar refractivity (Wildman–Crippen MR) is 58.7 cm³/mol. The van der Waals surface area contributed by atoms with Gasteiger partial charge >= 0.3 is 0 Å². The average Bonchev–Trinajstić information content (AvgIpc) is 2.33. The molecule has 0 bridgehead atoms. The lowest BCUT2D eigenvalue weighted by Crippen LogP contribution is -2.25. The summed E-state index contributed by atoms with van der Waals surface area (Å²) in [5.41, 5.74) is 0. The van der Waals surface area contributed by atoms with Gasteiger partial charge in [-0.2, -0.15) is 0 Å². The van der Waals surface area contributed by atoms with Crippen LogP contribution in [0.4, 0.5) is 0 Å². The maximum absolute atomic E-state index is 5.91. The van der Waals surface area contributed by atoms with Crippen LogP contribution in [0.1, 0.15) is 38.5 Å². The molecule has 0 aliphatic heterocycles. The quantitative estimate of drug-likeness (QED) is 0.570. The molecule has 0 aromatic rings. The van der Waals surface area contributed by atoms with Crippen molar-refractivity contribution in [3.8, 4) is 0 Å². The van der Waals surface area contributed by atoms with E-state index in [2.05, 4.69) is 22.6 Å². The van der Waals surface area contributed by atoms with Crippen LogP contribution in [0.2, 0.25) is 0 Å². The van der Waals surface area contributed by atoms with Crippen molar-refractivity contribution in [1.82, 2.24) is 0 Å². The van der Waals surface area contributed by atoms with E-state index in [4.69, 9.17) is 4.74 Å². The minimum atomic E-state index is 0.589. The van der Waals surface area contributed by atoms with Crippen molar-refractivity contribution in [2.75, 3.05) is 6.61 Å². The number of hydrogen-bond donors (Lipinski definition) is 0. The third-order valence-corrected chi connectivity index (χ3v) is 4.57. The van der Waals surface area contributed by atoms with Gasteiger partial charge in [-0.1, -0.05) is 29.0 Å². The molecule has 2 saturated carbocycles. The first-order chi connectivity index (χ1) is 5.86. The van der Waals surface area contributed by atoms with E-state index in [-0.39, 0.29) is 0 Å². The summed E-state index contributed by atoms with van der Waals surface area (Å²) >= 11 is 2.55. The molecule has 0 aromatic carbocycles. The second kappa shape index (κ2) is 4.27. The van der Waals surface area contributed by atoms with Crippen LogP contribution in [-0.4, -0.2) is 16.6 Å². The van der Waals surface area contributed by atoms with Gasteiger partial charge in [0.25, 0.3) is 0 Å². The highest BCUT2D eigenvalue weighted by molar-refractivity contribution is 14.1. The fourth-order valence-corrected chi connectivity index (χ4v) is 3.00. The van der Waals surface area contributed by atoms with Gasteiger partial charge < -0.3 is 4.74 Å². The van der Waals surface area contributed by atoms with Gasteiger partial charge in [0.15, 0.2) is 0 Å². The largest absolute Gasteiger partial charge is 0.377 e. The Labute approximate surface area is 88.4 Å². The molecule has 2 aliphatic rings. The van der Waals surface area contributed by atoms with Gasteiger partial charge in [-0.05, 0) is 38.0 Å². The second-order valence-corrected chi connectivity index (χ2v) is 5.72. The molecule has 2 aliphatic carbocycles. The molecular formula is C10H17IO. The lowest BCUT2D eigenvalue weighted by Gasteiger charge is -2.27. The summed E-state index contributed by atoms with van der Waals surface area (Å²) in [4.78, 5) is 0. The summed E-state index contributed by atoms with van der Waals surface area (Å²) in [7, 11) is 0. The van der Waals surface area contributed by atoms with Crippen LogP contribution < -0.4 is 0 Å². The second-order valence-electron chi connectivity index (χ2n) is 4.12. The molecule has 1 nitrogen and oxygen atoms in total. The van der Waals surface area contributed by atoms with Crippen molar-refractivity contribution in [1.29, 1.82) is 0 Å². The number of halogens is 1. The average molecular weight is 280 g/mol. The smallest absolute Gasteiger partial charge is 0.0692 e. The first-order valence-corrected chi connectivity index (χ1v) is 6.36. The molecule has 0 amide bonds. The third kappa shape index (κ3) is 2.13. The van der Waals surface area contributed by atoms with Crippen molar-refractivity contribution in [3.05, 3.63) is 0 Å². The third-order valence-electron chi connectivity index (χ3n) is 3.14. The highest BCUT2D eigenvalue weighted by Gasteiger charge is 2.27. The normalized spacial score (nSPS) is 36.8. The molecule has 0 spiro atoms. The Morgan fingerprint density at radius 3 is 2.33 bits per heavy atom. The lowest BCUT2D eigenvalue weighted by atomic mass is 9.86. The highest BCUT2D eigenvalue weighted by atomic mass is 127. The highest BCUT2D eigenvalue weighted by Crippen LogP contribution is 2.31. The fourth-order valence-electron chi connectivity index (χ4n) is 1.99. The van der Waals surface area contributed by atoms with E-state index in [9.17, 15) is 0 Å². The molecule has 2 rings (SSSR count). The maximum Gasteiger partial charge on any atom is 0.0692 e. The van der Waals surface area contributed by atoms with E-state index in [0.717, 1.165) is 16.4 Å². The molecule has 12 heavy (non-hydrogen) atoms. The number of rotatable bonds is 3. The summed E-state index contributed by atoms with van der Waals surface area (Å²) in [5.74, 6) is 0.911. The van der Waals surface area contributed by atoms with Crippen LogP contribution in [0.5, 0.6) is 0 Å². The van der Waals surface area contributed by atoms with Crippen molar-refractivity contribution in [2.45, 2.75) is 48.6 Å². The van der Waals surface area contributed by atoms with E-state index in [1.54, 1.807) is 0 Å². The first kappa shape index (κ1) is 9.25. The van der Waals surface area contributed by atoms with Gasteiger partial charge in [-0.25, -0.2) is 0 Å². The zero-order valence-electron chi connectivity index (χ0n) is 7.47. The van der Waals surface area contributed by atoms with Crippen LogP contribution in [0.3, 0.4) is 0 Å². The molecule has 0 heterocycles. The summed E-state index contributed by atoms with van der Waals surface area (Å²) in [6, 6.07) is 0. The molecule has 0 radical (unpaired) electrons. The fraction of sp³-hybridized carbons (Fsp3) is 1.00. The number of hydrogen-bond acceptors (Lipinski definition) is 1.